The normalized spacial score (nSPS) is 12.2. The smallest absolute Gasteiger partial charge is 0.262 e. The number of aromatic nitrogens is 1. The molecule has 1 aromatic heterocycles. The molecule has 0 aliphatic rings. The molecule has 0 saturated heterocycles. The van der Waals surface area contributed by atoms with Crippen molar-refractivity contribution in [1.82, 2.24) is 9.88 Å². The Morgan fingerprint density at radius 2 is 1.93 bits per heavy atom. The Hall–Kier alpha value is -3.76. The maximum atomic E-state index is 12.6. The lowest BCUT2D eigenvalue weighted by atomic mass is 10.1. The molecule has 4 nitrogen and oxygen atoms in total. The molecular formula is C23H19N3O. The van der Waals surface area contributed by atoms with Crippen LogP contribution in [0.1, 0.15) is 24.1 Å². The van der Waals surface area contributed by atoms with Crippen LogP contribution in [0.4, 0.5) is 0 Å². The fourth-order valence-electron chi connectivity index (χ4n) is 3.02. The highest BCUT2D eigenvalue weighted by Gasteiger charge is 2.15. The van der Waals surface area contributed by atoms with E-state index in [9.17, 15) is 10.1 Å². The highest BCUT2D eigenvalue weighted by Crippen LogP contribution is 2.24. The molecule has 1 heterocycles. The zero-order chi connectivity index (χ0) is 19.2. The van der Waals surface area contributed by atoms with Crippen molar-refractivity contribution in [3.63, 3.8) is 0 Å². The molecule has 0 aliphatic heterocycles. The Balaban J connectivity index is 1.91. The largest absolute Gasteiger partial charge is 0.345 e. The zero-order valence-corrected chi connectivity index (χ0v) is 15.0. The summed E-state index contributed by atoms with van der Waals surface area (Å²) in [7, 11) is 0. The number of fused-ring (bicyclic) bond motifs is 1. The fraction of sp³-hybridized carbons (Fsp3) is 0.130. The van der Waals surface area contributed by atoms with Crippen molar-refractivity contribution in [1.29, 1.82) is 5.26 Å². The third kappa shape index (κ3) is 3.92. The first kappa shape index (κ1) is 18.0. The third-order valence-electron chi connectivity index (χ3n) is 4.39. The molecule has 1 amide bonds. The standard InChI is InChI=1S/C23H19N3O/c1-3-13-26-16-20(21-11-7-8-12-22(21)26)14-19(15-24)23(27)25-17(2)18-9-5-4-6-10-18/h1,4-12,14,16-17H,13H2,2H3,(H,25,27)/b19-14-/t17-/m0/s1. The predicted molar refractivity (Wildman–Crippen MR) is 107 cm³/mol. The highest BCUT2D eigenvalue weighted by molar-refractivity contribution is 6.04. The van der Waals surface area contributed by atoms with Crippen molar-refractivity contribution in [2.75, 3.05) is 0 Å². The lowest BCUT2D eigenvalue weighted by Gasteiger charge is -2.13. The summed E-state index contributed by atoms with van der Waals surface area (Å²) in [6.45, 7) is 2.31. The molecule has 3 rings (SSSR count). The van der Waals surface area contributed by atoms with Gasteiger partial charge in [-0.3, -0.25) is 4.79 Å². The van der Waals surface area contributed by atoms with Gasteiger partial charge in [0.15, 0.2) is 0 Å². The first-order valence-electron chi connectivity index (χ1n) is 8.63. The summed E-state index contributed by atoms with van der Waals surface area (Å²) in [4.78, 5) is 12.6. The minimum Gasteiger partial charge on any atom is -0.345 e. The van der Waals surface area contributed by atoms with Gasteiger partial charge in [-0.25, -0.2) is 0 Å². The average Bonchev–Trinajstić information content (AvgIpc) is 3.04. The van der Waals surface area contributed by atoms with Crippen LogP contribution in [0.15, 0.2) is 66.4 Å². The summed E-state index contributed by atoms with van der Waals surface area (Å²) in [5.74, 6) is 2.22. The zero-order valence-electron chi connectivity index (χ0n) is 15.0. The number of amides is 1. The Morgan fingerprint density at radius 3 is 2.63 bits per heavy atom. The second-order valence-corrected chi connectivity index (χ2v) is 6.21. The van der Waals surface area contributed by atoms with E-state index < -0.39 is 5.91 Å². The van der Waals surface area contributed by atoms with Gasteiger partial charge in [-0.1, -0.05) is 54.5 Å². The maximum absolute atomic E-state index is 12.6. The number of carbonyl (C=O) groups excluding carboxylic acids is 1. The minimum absolute atomic E-state index is 0.0568. The predicted octanol–water partition coefficient (Wildman–Crippen LogP) is 4.06. The number of nitrogens with one attached hydrogen (secondary N) is 1. The van der Waals surface area contributed by atoms with E-state index in [2.05, 4.69) is 11.2 Å². The van der Waals surface area contributed by atoms with E-state index in [0.717, 1.165) is 22.0 Å². The molecule has 132 valence electrons. The van der Waals surface area contributed by atoms with Crippen molar-refractivity contribution < 1.29 is 4.79 Å². The van der Waals surface area contributed by atoms with Crippen LogP contribution in [0, 0.1) is 23.7 Å². The molecule has 1 atom stereocenters. The molecule has 0 radical (unpaired) electrons. The van der Waals surface area contributed by atoms with Crippen molar-refractivity contribution in [2.45, 2.75) is 19.5 Å². The van der Waals surface area contributed by atoms with Gasteiger partial charge < -0.3 is 9.88 Å². The molecule has 1 N–H and O–H groups in total. The minimum atomic E-state index is -0.400. The number of benzene rings is 2. The van der Waals surface area contributed by atoms with E-state index in [1.165, 1.54) is 0 Å². The van der Waals surface area contributed by atoms with Crippen LogP contribution in [0.3, 0.4) is 0 Å². The number of para-hydroxylation sites is 1. The maximum Gasteiger partial charge on any atom is 0.262 e. The Labute approximate surface area is 158 Å². The third-order valence-corrected chi connectivity index (χ3v) is 4.39. The van der Waals surface area contributed by atoms with Gasteiger partial charge in [0.2, 0.25) is 0 Å². The Kier molecular flexibility index (Phi) is 5.40. The monoisotopic (exact) mass is 353 g/mol. The summed E-state index contributed by atoms with van der Waals surface area (Å²) in [5.41, 5.74) is 2.80. The molecule has 0 fully saturated rings. The summed E-state index contributed by atoms with van der Waals surface area (Å²) >= 11 is 0. The summed E-state index contributed by atoms with van der Waals surface area (Å²) in [5, 5.41) is 13.3. The molecule has 4 heteroatoms. The average molecular weight is 353 g/mol. The SMILES string of the molecule is C#CCn1cc(/C=C(/C#N)C(=O)N[C@@H](C)c2ccccc2)c2ccccc21. The second-order valence-electron chi connectivity index (χ2n) is 6.21. The lowest BCUT2D eigenvalue weighted by molar-refractivity contribution is -0.117. The van der Waals surface area contributed by atoms with Gasteiger partial charge in [-0.2, -0.15) is 5.26 Å². The molecule has 27 heavy (non-hydrogen) atoms. The van der Waals surface area contributed by atoms with Crippen molar-refractivity contribution in [3.8, 4) is 18.4 Å². The van der Waals surface area contributed by atoms with Crippen LogP contribution in [-0.2, 0) is 11.3 Å². The van der Waals surface area contributed by atoms with Gasteiger partial charge >= 0.3 is 0 Å². The van der Waals surface area contributed by atoms with E-state index in [-0.39, 0.29) is 11.6 Å². The Bertz CT molecular complexity index is 1080. The lowest BCUT2D eigenvalue weighted by Crippen LogP contribution is -2.27. The summed E-state index contributed by atoms with van der Waals surface area (Å²) in [6, 6.07) is 19.2. The first-order valence-corrected chi connectivity index (χ1v) is 8.63. The van der Waals surface area contributed by atoms with E-state index in [0.29, 0.717) is 6.54 Å². The molecule has 0 bridgehead atoms. The van der Waals surface area contributed by atoms with Crippen LogP contribution in [0.2, 0.25) is 0 Å². The molecular weight excluding hydrogens is 334 g/mol. The van der Waals surface area contributed by atoms with Gasteiger partial charge in [0.25, 0.3) is 5.91 Å². The number of carbonyl (C=O) groups is 1. The van der Waals surface area contributed by atoms with E-state index >= 15 is 0 Å². The van der Waals surface area contributed by atoms with Gasteiger partial charge in [-0.15, -0.1) is 6.42 Å². The quantitative estimate of drug-likeness (QED) is 0.427. The highest BCUT2D eigenvalue weighted by atomic mass is 16.1. The topological polar surface area (TPSA) is 57.8 Å². The van der Waals surface area contributed by atoms with Crippen LogP contribution in [0.25, 0.3) is 17.0 Å². The van der Waals surface area contributed by atoms with Crippen LogP contribution < -0.4 is 5.32 Å². The number of hydrogen-bond donors (Lipinski definition) is 1. The fourth-order valence-corrected chi connectivity index (χ4v) is 3.02. The van der Waals surface area contributed by atoms with Crippen molar-refractivity contribution in [2.24, 2.45) is 0 Å². The van der Waals surface area contributed by atoms with E-state index in [1.54, 1.807) is 6.08 Å². The molecule has 2 aromatic carbocycles. The summed E-state index contributed by atoms with van der Waals surface area (Å²) < 4.78 is 1.93. The van der Waals surface area contributed by atoms with E-state index in [1.807, 2.05) is 78.4 Å². The van der Waals surface area contributed by atoms with Gasteiger partial charge in [0.05, 0.1) is 12.6 Å². The second kappa shape index (κ2) is 8.08. The van der Waals surface area contributed by atoms with Crippen molar-refractivity contribution >= 4 is 22.9 Å². The van der Waals surface area contributed by atoms with Gasteiger partial charge in [0, 0.05) is 22.7 Å². The number of nitriles is 1. The number of nitrogens with zero attached hydrogens (tertiary/aromatic N) is 2. The van der Waals surface area contributed by atoms with Gasteiger partial charge in [-0.05, 0) is 24.6 Å². The van der Waals surface area contributed by atoms with Crippen molar-refractivity contribution in [3.05, 3.63) is 77.5 Å². The Morgan fingerprint density at radius 1 is 1.22 bits per heavy atom. The van der Waals surface area contributed by atoms with E-state index in [4.69, 9.17) is 6.42 Å². The summed E-state index contributed by atoms with van der Waals surface area (Å²) in [6.07, 6.45) is 8.93. The van der Waals surface area contributed by atoms with Crippen LogP contribution >= 0.6 is 0 Å². The number of terminal acetylenes is 1. The molecule has 3 aromatic rings. The molecule has 0 saturated carbocycles. The number of hydrogen-bond acceptors (Lipinski definition) is 2. The van der Waals surface area contributed by atoms with Gasteiger partial charge in [0.1, 0.15) is 11.6 Å². The molecule has 0 unspecified atom stereocenters. The first-order chi connectivity index (χ1) is 13.1. The molecule has 0 spiro atoms. The van der Waals surface area contributed by atoms with Crippen LogP contribution in [0.5, 0.6) is 0 Å². The number of rotatable bonds is 5. The molecule has 0 aliphatic carbocycles. The van der Waals surface area contributed by atoms with Crippen LogP contribution in [-0.4, -0.2) is 10.5 Å².